The van der Waals surface area contributed by atoms with E-state index < -0.39 is 11.6 Å². The summed E-state index contributed by atoms with van der Waals surface area (Å²) in [6.07, 6.45) is -3.10. The molecule has 12 heteroatoms. The monoisotopic (exact) mass is 460 g/mol. The number of amides is 1. The molecule has 0 aliphatic heterocycles. The fraction of sp³-hybridized carbons (Fsp3) is 0.150. The van der Waals surface area contributed by atoms with E-state index in [1.807, 2.05) is 12.1 Å². The van der Waals surface area contributed by atoms with E-state index in [1.165, 1.54) is 16.8 Å². The summed E-state index contributed by atoms with van der Waals surface area (Å²) in [7, 11) is 0. The molecule has 1 N–H and O–H groups in total. The van der Waals surface area contributed by atoms with Crippen LogP contribution in [-0.4, -0.2) is 42.7 Å². The Morgan fingerprint density at radius 3 is 2.66 bits per heavy atom. The second-order valence-corrected chi connectivity index (χ2v) is 7.85. The number of hydrogen-bond acceptors (Lipinski definition) is 7. The molecule has 4 rings (SSSR count). The van der Waals surface area contributed by atoms with Crippen LogP contribution in [0.25, 0.3) is 16.6 Å². The van der Waals surface area contributed by atoms with Crippen LogP contribution in [0.1, 0.15) is 6.92 Å². The highest BCUT2D eigenvalue weighted by molar-refractivity contribution is 8.00. The molecule has 2 aromatic heterocycles. The highest BCUT2D eigenvalue weighted by atomic mass is 32.2. The number of halogens is 3. The average Bonchev–Trinajstić information content (AvgIpc) is 3.21. The number of thioether (sulfide) groups is 1. The SMILES string of the molecule is CC(Sc1nnnn1-c1ccc(OC(F)(F)F)cc1)C(=O)Nc1cccc2ncccc12. The lowest BCUT2D eigenvalue weighted by molar-refractivity contribution is -0.274. The van der Waals surface area contributed by atoms with E-state index in [-0.39, 0.29) is 11.7 Å². The first-order chi connectivity index (χ1) is 15.3. The number of anilines is 1. The van der Waals surface area contributed by atoms with Crippen molar-refractivity contribution in [3.05, 3.63) is 60.8 Å². The van der Waals surface area contributed by atoms with Crippen molar-refractivity contribution in [2.24, 2.45) is 0 Å². The molecule has 8 nitrogen and oxygen atoms in total. The Labute approximate surface area is 183 Å². The lowest BCUT2D eigenvalue weighted by atomic mass is 10.2. The molecule has 2 aromatic carbocycles. The predicted molar refractivity (Wildman–Crippen MR) is 112 cm³/mol. The molecule has 4 aromatic rings. The normalized spacial score (nSPS) is 12.5. The Kier molecular flexibility index (Phi) is 5.95. The third-order valence-electron chi connectivity index (χ3n) is 4.31. The minimum absolute atomic E-state index is 0.269. The number of tetrazole rings is 1. The zero-order chi connectivity index (χ0) is 22.7. The summed E-state index contributed by atoms with van der Waals surface area (Å²) >= 11 is 1.11. The number of nitrogens with one attached hydrogen (secondary N) is 1. The third kappa shape index (κ3) is 4.97. The molecule has 1 amide bonds. The number of pyridine rings is 1. The van der Waals surface area contributed by atoms with Gasteiger partial charge in [-0.1, -0.05) is 17.8 Å². The smallest absolute Gasteiger partial charge is 0.406 e. The van der Waals surface area contributed by atoms with Crippen molar-refractivity contribution < 1.29 is 22.7 Å². The van der Waals surface area contributed by atoms with Gasteiger partial charge in [0.2, 0.25) is 11.1 Å². The molecule has 2 heterocycles. The molecule has 0 bridgehead atoms. The molecule has 0 saturated heterocycles. The fourth-order valence-electron chi connectivity index (χ4n) is 2.86. The van der Waals surface area contributed by atoms with Gasteiger partial charge in [-0.25, -0.2) is 0 Å². The Morgan fingerprint density at radius 1 is 1.12 bits per heavy atom. The highest BCUT2D eigenvalue weighted by Crippen LogP contribution is 2.28. The number of carbonyl (C=O) groups is 1. The summed E-state index contributed by atoms with van der Waals surface area (Å²) in [6, 6.07) is 14.2. The van der Waals surface area contributed by atoms with Crippen molar-refractivity contribution in [1.29, 1.82) is 0 Å². The van der Waals surface area contributed by atoms with Gasteiger partial charge in [0.05, 0.1) is 22.1 Å². The van der Waals surface area contributed by atoms with E-state index in [2.05, 4.69) is 30.6 Å². The maximum atomic E-state index is 12.8. The molecule has 32 heavy (non-hydrogen) atoms. The maximum Gasteiger partial charge on any atom is 0.573 e. The zero-order valence-corrected chi connectivity index (χ0v) is 17.3. The van der Waals surface area contributed by atoms with Gasteiger partial charge in [0.1, 0.15) is 5.75 Å². The zero-order valence-electron chi connectivity index (χ0n) is 16.4. The van der Waals surface area contributed by atoms with Crippen LogP contribution in [0, 0.1) is 0 Å². The molecule has 0 spiro atoms. The number of rotatable bonds is 6. The average molecular weight is 460 g/mol. The minimum atomic E-state index is -4.78. The van der Waals surface area contributed by atoms with Crippen LogP contribution in [0.15, 0.2) is 66.0 Å². The Balaban J connectivity index is 1.47. The van der Waals surface area contributed by atoms with Crippen molar-refractivity contribution in [2.75, 3.05) is 5.32 Å². The first kappa shape index (κ1) is 21.6. The van der Waals surface area contributed by atoms with E-state index in [0.717, 1.165) is 34.8 Å². The summed E-state index contributed by atoms with van der Waals surface area (Å²) < 4.78 is 42.2. The molecule has 0 radical (unpaired) electrons. The van der Waals surface area contributed by atoms with E-state index >= 15 is 0 Å². The molecule has 0 aliphatic carbocycles. The minimum Gasteiger partial charge on any atom is -0.406 e. The first-order valence-corrected chi connectivity index (χ1v) is 10.1. The van der Waals surface area contributed by atoms with Crippen molar-refractivity contribution in [3.63, 3.8) is 0 Å². The highest BCUT2D eigenvalue weighted by Gasteiger charge is 2.31. The number of hydrogen-bond donors (Lipinski definition) is 1. The fourth-order valence-corrected chi connectivity index (χ4v) is 3.67. The first-order valence-electron chi connectivity index (χ1n) is 9.26. The van der Waals surface area contributed by atoms with Gasteiger partial charge >= 0.3 is 6.36 Å². The lowest BCUT2D eigenvalue weighted by Crippen LogP contribution is -2.23. The number of carbonyl (C=O) groups excluding carboxylic acids is 1. The van der Waals surface area contributed by atoms with Crippen LogP contribution in [0.5, 0.6) is 5.75 Å². The van der Waals surface area contributed by atoms with Gasteiger partial charge in [-0.15, -0.1) is 18.3 Å². The molecular formula is C20H15F3N6O2S. The third-order valence-corrected chi connectivity index (χ3v) is 5.34. The molecule has 1 unspecified atom stereocenters. The number of fused-ring (bicyclic) bond motifs is 1. The number of aromatic nitrogens is 5. The van der Waals surface area contributed by atoms with E-state index in [4.69, 9.17) is 0 Å². The topological polar surface area (TPSA) is 94.8 Å². The van der Waals surface area contributed by atoms with Crippen molar-refractivity contribution in [2.45, 2.75) is 23.7 Å². The van der Waals surface area contributed by atoms with Crippen LogP contribution in [0.3, 0.4) is 0 Å². The van der Waals surface area contributed by atoms with Crippen LogP contribution in [0.4, 0.5) is 18.9 Å². The summed E-state index contributed by atoms with van der Waals surface area (Å²) in [5.74, 6) is -0.629. The predicted octanol–water partition coefficient (Wildman–Crippen LogP) is 4.23. The molecule has 0 fully saturated rings. The van der Waals surface area contributed by atoms with Crippen LogP contribution < -0.4 is 10.1 Å². The van der Waals surface area contributed by atoms with Crippen LogP contribution >= 0.6 is 11.8 Å². The van der Waals surface area contributed by atoms with E-state index in [1.54, 1.807) is 31.3 Å². The Bertz CT molecular complexity index is 1240. The lowest BCUT2D eigenvalue weighted by Gasteiger charge is -2.13. The second kappa shape index (κ2) is 8.83. The summed E-state index contributed by atoms with van der Waals surface area (Å²) in [5, 5.41) is 14.8. The summed E-state index contributed by atoms with van der Waals surface area (Å²) in [4.78, 5) is 17.0. The van der Waals surface area contributed by atoms with Crippen molar-refractivity contribution >= 4 is 34.3 Å². The molecular weight excluding hydrogens is 445 g/mol. The van der Waals surface area contributed by atoms with Crippen molar-refractivity contribution in [1.82, 2.24) is 25.2 Å². The number of nitrogens with zero attached hydrogens (tertiary/aromatic N) is 5. The van der Waals surface area contributed by atoms with Gasteiger partial charge in [-0.3, -0.25) is 9.78 Å². The van der Waals surface area contributed by atoms with Gasteiger partial charge in [-0.2, -0.15) is 4.68 Å². The number of alkyl halides is 3. The van der Waals surface area contributed by atoms with Gasteiger partial charge < -0.3 is 10.1 Å². The van der Waals surface area contributed by atoms with E-state index in [0.29, 0.717) is 16.5 Å². The van der Waals surface area contributed by atoms with Crippen molar-refractivity contribution in [3.8, 4) is 11.4 Å². The van der Waals surface area contributed by atoms with Gasteiger partial charge in [0.15, 0.2) is 0 Å². The van der Waals surface area contributed by atoms with Gasteiger partial charge in [-0.05, 0) is 65.9 Å². The summed E-state index contributed by atoms with van der Waals surface area (Å²) in [6.45, 7) is 1.70. The molecule has 1 atom stereocenters. The summed E-state index contributed by atoms with van der Waals surface area (Å²) in [5.41, 5.74) is 1.81. The largest absolute Gasteiger partial charge is 0.573 e. The Morgan fingerprint density at radius 2 is 1.91 bits per heavy atom. The van der Waals surface area contributed by atoms with Crippen LogP contribution in [0.2, 0.25) is 0 Å². The molecule has 0 saturated carbocycles. The molecule has 164 valence electrons. The standard InChI is InChI=1S/C20H15F3N6O2S/c1-12(18(30)25-17-6-2-5-16-15(17)4-3-11-24-16)32-19-26-27-28-29(19)13-7-9-14(10-8-13)31-20(21,22)23/h2-12H,1H3,(H,25,30). The second-order valence-electron chi connectivity index (χ2n) is 6.54. The van der Waals surface area contributed by atoms with E-state index in [9.17, 15) is 18.0 Å². The number of ether oxygens (including phenoxy) is 1. The molecule has 0 aliphatic rings. The van der Waals surface area contributed by atoms with Gasteiger partial charge in [0.25, 0.3) is 0 Å². The van der Waals surface area contributed by atoms with Gasteiger partial charge in [0, 0.05) is 11.6 Å². The Hall–Kier alpha value is -3.67. The quantitative estimate of drug-likeness (QED) is 0.430. The maximum absolute atomic E-state index is 12.8. The number of benzene rings is 2. The van der Waals surface area contributed by atoms with Crippen LogP contribution in [-0.2, 0) is 4.79 Å².